The lowest BCUT2D eigenvalue weighted by Gasteiger charge is -2.12. The number of ether oxygens (including phenoxy) is 1. The number of fused-ring (bicyclic) bond motifs is 1. The minimum atomic E-state index is -4.14. The van der Waals surface area contributed by atoms with Crippen molar-refractivity contribution in [2.75, 3.05) is 12.3 Å². The van der Waals surface area contributed by atoms with Gasteiger partial charge in [-0.2, -0.15) is 8.42 Å². The fourth-order valence-electron chi connectivity index (χ4n) is 2.58. The number of thioether (sulfide) groups is 1. The summed E-state index contributed by atoms with van der Waals surface area (Å²) < 4.78 is 36.5. The van der Waals surface area contributed by atoms with Crippen LogP contribution >= 0.6 is 24.0 Å². The second-order valence-electron chi connectivity index (χ2n) is 5.62. The minimum Gasteiger partial charge on any atom is -0.490 e. The Morgan fingerprint density at radius 2 is 2.25 bits per heavy atom. The van der Waals surface area contributed by atoms with Gasteiger partial charge in [0, 0.05) is 13.0 Å². The van der Waals surface area contributed by atoms with Gasteiger partial charge in [0.15, 0.2) is 0 Å². The molecule has 128 valence electrons. The van der Waals surface area contributed by atoms with Crippen molar-refractivity contribution in [3.63, 3.8) is 0 Å². The van der Waals surface area contributed by atoms with E-state index in [-0.39, 0.29) is 22.9 Å². The fourth-order valence-corrected chi connectivity index (χ4v) is 4.30. The number of nitrogens with zero attached hydrogens (tertiary/aromatic N) is 1. The number of benzene rings is 1. The summed E-state index contributed by atoms with van der Waals surface area (Å²) in [5.41, 5.74) is 1.96. The Hall–Kier alpha value is -1.42. The van der Waals surface area contributed by atoms with Gasteiger partial charge >= 0.3 is 0 Å². The number of hydrogen-bond acceptors (Lipinski definition) is 6. The summed E-state index contributed by atoms with van der Waals surface area (Å²) in [6, 6.07) is 5.72. The highest BCUT2D eigenvalue weighted by Crippen LogP contribution is 2.34. The number of rotatable bonds is 4. The van der Waals surface area contributed by atoms with E-state index in [0.29, 0.717) is 4.91 Å². The summed E-state index contributed by atoms with van der Waals surface area (Å²) in [7, 11) is -4.14. The van der Waals surface area contributed by atoms with Crippen molar-refractivity contribution in [2.24, 2.45) is 0 Å². The molecule has 0 aliphatic carbocycles. The first-order chi connectivity index (χ1) is 11.2. The summed E-state index contributed by atoms with van der Waals surface area (Å²) in [6.07, 6.45) is 2.71. The molecular formula is C15H15NO5S3. The first kappa shape index (κ1) is 17.4. The number of carbonyl (C=O) groups is 1. The predicted molar refractivity (Wildman–Crippen MR) is 96.5 cm³/mol. The highest BCUT2D eigenvalue weighted by Gasteiger charge is 2.32. The van der Waals surface area contributed by atoms with Crippen molar-refractivity contribution in [1.29, 1.82) is 0 Å². The Kier molecular flexibility index (Phi) is 4.69. The second-order valence-corrected chi connectivity index (χ2v) is 8.87. The molecule has 1 N–H and O–H groups in total. The molecule has 3 rings (SSSR count). The molecule has 2 aliphatic heterocycles. The standard InChI is InChI=1S/C15H15NO5S3/c1-9-6-11-7-10(2-3-12(11)21-9)8-13-14(17)16(15(22)23-13)4-5-24(18,19)20/h2-3,7-9H,4-6H2,1H3,(H,18,19,20)/b13-8+. The molecule has 1 saturated heterocycles. The third-order valence-electron chi connectivity index (χ3n) is 3.66. The van der Waals surface area contributed by atoms with E-state index in [0.717, 1.165) is 35.1 Å². The molecule has 1 atom stereocenters. The van der Waals surface area contributed by atoms with Crippen LogP contribution in [0.3, 0.4) is 0 Å². The van der Waals surface area contributed by atoms with E-state index in [1.54, 1.807) is 6.08 Å². The zero-order valence-electron chi connectivity index (χ0n) is 12.8. The molecule has 24 heavy (non-hydrogen) atoms. The monoisotopic (exact) mass is 385 g/mol. The molecule has 1 unspecified atom stereocenters. The zero-order valence-corrected chi connectivity index (χ0v) is 15.2. The van der Waals surface area contributed by atoms with Crippen LogP contribution in [0.2, 0.25) is 0 Å². The van der Waals surface area contributed by atoms with E-state index in [2.05, 4.69) is 0 Å². The molecule has 0 aromatic heterocycles. The maximum Gasteiger partial charge on any atom is 0.266 e. The van der Waals surface area contributed by atoms with Crippen LogP contribution < -0.4 is 4.74 Å². The van der Waals surface area contributed by atoms with E-state index >= 15 is 0 Å². The number of hydrogen-bond donors (Lipinski definition) is 1. The van der Waals surface area contributed by atoms with E-state index < -0.39 is 15.9 Å². The normalized spacial score (nSPS) is 22.2. The Morgan fingerprint density at radius 1 is 1.50 bits per heavy atom. The summed E-state index contributed by atoms with van der Waals surface area (Å²) in [6.45, 7) is 1.84. The van der Waals surface area contributed by atoms with Crippen molar-refractivity contribution >= 4 is 50.4 Å². The van der Waals surface area contributed by atoms with Gasteiger partial charge in [-0.05, 0) is 36.3 Å². The lowest BCUT2D eigenvalue weighted by atomic mass is 10.1. The van der Waals surface area contributed by atoms with Crippen molar-refractivity contribution in [2.45, 2.75) is 19.4 Å². The van der Waals surface area contributed by atoms with Gasteiger partial charge < -0.3 is 4.74 Å². The van der Waals surface area contributed by atoms with Crippen LogP contribution in [-0.2, 0) is 21.3 Å². The van der Waals surface area contributed by atoms with Gasteiger partial charge in [-0.15, -0.1) is 0 Å². The van der Waals surface area contributed by atoms with Crippen LogP contribution in [0, 0.1) is 0 Å². The third-order valence-corrected chi connectivity index (χ3v) is 5.74. The predicted octanol–water partition coefficient (Wildman–Crippen LogP) is 2.10. The first-order valence-electron chi connectivity index (χ1n) is 7.23. The maximum atomic E-state index is 12.4. The van der Waals surface area contributed by atoms with Crippen LogP contribution in [0.25, 0.3) is 6.08 Å². The van der Waals surface area contributed by atoms with Crippen LogP contribution in [-0.4, -0.2) is 46.5 Å². The molecule has 0 radical (unpaired) electrons. The third kappa shape index (κ3) is 3.80. The van der Waals surface area contributed by atoms with E-state index in [4.69, 9.17) is 21.5 Å². The molecule has 0 bridgehead atoms. The lowest BCUT2D eigenvalue weighted by Crippen LogP contribution is -2.32. The van der Waals surface area contributed by atoms with Gasteiger partial charge in [0.25, 0.3) is 16.0 Å². The molecule has 0 spiro atoms. The highest BCUT2D eigenvalue weighted by molar-refractivity contribution is 8.26. The van der Waals surface area contributed by atoms with Crippen molar-refractivity contribution < 1.29 is 22.5 Å². The number of amides is 1. The highest BCUT2D eigenvalue weighted by atomic mass is 32.2. The van der Waals surface area contributed by atoms with Crippen LogP contribution in [0.4, 0.5) is 0 Å². The Morgan fingerprint density at radius 3 is 2.96 bits per heavy atom. The lowest BCUT2D eigenvalue weighted by molar-refractivity contribution is -0.121. The molecule has 1 aromatic rings. The van der Waals surface area contributed by atoms with E-state index in [1.165, 1.54) is 4.90 Å². The molecule has 1 fully saturated rings. The summed E-state index contributed by atoms with van der Waals surface area (Å²) >= 11 is 6.25. The molecular weight excluding hydrogens is 370 g/mol. The van der Waals surface area contributed by atoms with Gasteiger partial charge in [-0.3, -0.25) is 14.2 Å². The molecule has 6 nitrogen and oxygen atoms in total. The fraction of sp³-hybridized carbons (Fsp3) is 0.333. The Labute approximate surface area is 149 Å². The Balaban J connectivity index is 1.78. The van der Waals surface area contributed by atoms with E-state index in [1.807, 2.05) is 25.1 Å². The van der Waals surface area contributed by atoms with E-state index in [9.17, 15) is 13.2 Å². The van der Waals surface area contributed by atoms with Gasteiger partial charge in [0.1, 0.15) is 16.2 Å². The number of thiocarbonyl (C=S) groups is 1. The smallest absolute Gasteiger partial charge is 0.266 e. The molecule has 1 amide bonds. The first-order valence-corrected chi connectivity index (χ1v) is 10.1. The SMILES string of the molecule is CC1Cc2cc(/C=C3/SC(=S)N(CCS(=O)(=O)O)C3=O)ccc2O1. The average molecular weight is 385 g/mol. The summed E-state index contributed by atoms with van der Waals surface area (Å²) in [5.74, 6) is -0.0278. The second kappa shape index (κ2) is 6.47. The average Bonchev–Trinajstić information content (AvgIpc) is 2.96. The summed E-state index contributed by atoms with van der Waals surface area (Å²) in [4.78, 5) is 14.0. The molecule has 2 aliphatic rings. The molecule has 2 heterocycles. The zero-order chi connectivity index (χ0) is 17.5. The molecule has 0 saturated carbocycles. The van der Waals surface area contributed by atoms with Gasteiger partial charge in [0.2, 0.25) is 0 Å². The van der Waals surface area contributed by atoms with Crippen molar-refractivity contribution in [3.05, 3.63) is 34.2 Å². The minimum absolute atomic E-state index is 0.147. The van der Waals surface area contributed by atoms with Gasteiger partial charge in [-0.25, -0.2) is 0 Å². The topological polar surface area (TPSA) is 83.9 Å². The molecule has 1 aromatic carbocycles. The van der Waals surface area contributed by atoms with Crippen LogP contribution in [0.5, 0.6) is 5.75 Å². The maximum absolute atomic E-state index is 12.4. The number of carbonyl (C=O) groups excluding carboxylic acids is 1. The largest absolute Gasteiger partial charge is 0.490 e. The quantitative estimate of drug-likeness (QED) is 0.483. The summed E-state index contributed by atoms with van der Waals surface area (Å²) in [5, 5.41) is 0. The Bertz CT molecular complexity index is 847. The van der Waals surface area contributed by atoms with Crippen molar-refractivity contribution in [3.8, 4) is 5.75 Å². The van der Waals surface area contributed by atoms with Crippen LogP contribution in [0.1, 0.15) is 18.1 Å². The van der Waals surface area contributed by atoms with Gasteiger partial charge in [0.05, 0.1) is 10.7 Å². The van der Waals surface area contributed by atoms with Crippen LogP contribution in [0.15, 0.2) is 23.1 Å². The van der Waals surface area contributed by atoms with Crippen molar-refractivity contribution in [1.82, 2.24) is 4.90 Å². The molecule has 9 heteroatoms. The van der Waals surface area contributed by atoms with Gasteiger partial charge in [-0.1, -0.05) is 30.0 Å².